The fraction of sp³-hybridized carbons (Fsp3) is 0. The molecule has 0 fully saturated rings. The Bertz CT molecular complexity index is 37.9. The van der Waals surface area contributed by atoms with Crippen LogP contribution in [0.5, 0.6) is 0 Å². The largest absolute Gasteiger partial charge is 1.00 e. The summed E-state index contributed by atoms with van der Waals surface area (Å²) in [6.45, 7) is 0. The summed E-state index contributed by atoms with van der Waals surface area (Å²) in [6, 6.07) is 0. The van der Waals surface area contributed by atoms with Crippen LogP contribution in [0.15, 0.2) is 0 Å². The third kappa shape index (κ3) is 81.7. The molecule has 0 saturated carbocycles. The van der Waals surface area contributed by atoms with Crippen LogP contribution in [0.25, 0.3) is 0 Å². The van der Waals surface area contributed by atoms with Crippen molar-refractivity contribution in [3.63, 3.8) is 0 Å². The zero-order valence-electron chi connectivity index (χ0n) is 4.30. The molecule has 0 aliphatic heterocycles. The third-order valence-electron chi connectivity index (χ3n) is 0. The quantitative estimate of drug-likeness (QED) is 0.355. The topological polar surface area (TPSA) is 57.5 Å². The van der Waals surface area contributed by atoms with Crippen LogP contribution < -0.4 is 29.6 Å². The SMILES string of the molecule is O=C(O)O.[H-].[Na+].[Ti]. The molecule has 0 atom stereocenters. The minimum absolute atomic E-state index is 0. The van der Waals surface area contributed by atoms with Crippen LogP contribution in [0.4, 0.5) is 4.79 Å². The first-order chi connectivity index (χ1) is 1.73. The Labute approximate surface area is 73.4 Å². The van der Waals surface area contributed by atoms with Gasteiger partial charge in [-0.15, -0.1) is 0 Å². The molecule has 3 nitrogen and oxygen atoms in total. The molecule has 0 aliphatic rings. The zero-order chi connectivity index (χ0) is 3.58. The molecule has 6 heavy (non-hydrogen) atoms. The molecule has 0 aliphatic carbocycles. The van der Waals surface area contributed by atoms with E-state index >= 15 is 0 Å². The molecule has 0 aromatic carbocycles. The standard InChI is InChI=1S/CH2O3.Na.Ti.H/c2-1(3)4;;;/h(H2,2,3,4);;;/q;+1;;-1. The van der Waals surface area contributed by atoms with Gasteiger partial charge in [-0.05, 0) is 0 Å². The Morgan fingerprint density at radius 1 is 1.50 bits per heavy atom. The van der Waals surface area contributed by atoms with Crippen molar-refractivity contribution >= 4 is 6.16 Å². The van der Waals surface area contributed by atoms with Crippen LogP contribution in [0, 0.1) is 0 Å². The molecule has 0 aromatic heterocycles. The Kier molecular flexibility index (Phi) is 24.6. The maximum absolute atomic E-state index is 8.56. The molecular weight excluding hydrogens is 131 g/mol. The maximum atomic E-state index is 8.56. The summed E-state index contributed by atoms with van der Waals surface area (Å²) >= 11 is 0. The zero-order valence-corrected chi connectivity index (χ0v) is 6.86. The maximum Gasteiger partial charge on any atom is 1.00 e. The van der Waals surface area contributed by atoms with E-state index in [-0.39, 0.29) is 52.7 Å². The van der Waals surface area contributed by atoms with Crippen molar-refractivity contribution in [3.05, 3.63) is 0 Å². The Hall–Kier alpha value is 0.984. The predicted octanol–water partition coefficient (Wildman–Crippen LogP) is -2.66. The van der Waals surface area contributed by atoms with Crippen LogP contribution in [0.2, 0.25) is 0 Å². The monoisotopic (exact) mass is 134 g/mol. The van der Waals surface area contributed by atoms with E-state index in [1.165, 1.54) is 0 Å². The van der Waals surface area contributed by atoms with Crippen molar-refractivity contribution in [2.75, 3.05) is 0 Å². The molecule has 0 bridgehead atoms. The van der Waals surface area contributed by atoms with E-state index in [2.05, 4.69) is 0 Å². The molecule has 0 saturated heterocycles. The van der Waals surface area contributed by atoms with Crippen LogP contribution in [0.3, 0.4) is 0 Å². The fourth-order valence-corrected chi connectivity index (χ4v) is 0. The second-order valence-corrected chi connectivity index (χ2v) is 0.283. The van der Waals surface area contributed by atoms with E-state index in [0.717, 1.165) is 0 Å². The van der Waals surface area contributed by atoms with Gasteiger partial charge < -0.3 is 11.6 Å². The average Bonchev–Trinajstić information content (AvgIpc) is 0.811. The van der Waals surface area contributed by atoms with Gasteiger partial charge in [0.15, 0.2) is 0 Å². The van der Waals surface area contributed by atoms with E-state index < -0.39 is 6.16 Å². The Balaban J connectivity index is -0.0000000150. The van der Waals surface area contributed by atoms with E-state index in [0.29, 0.717) is 0 Å². The molecule has 0 radical (unpaired) electrons. The number of rotatable bonds is 0. The summed E-state index contributed by atoms with van der Waals surface area (Å²) in [5, 5.41) is 13.9. The van der Waals surface area contributed by atoms with E-state index in [1.807, 2.05) is 0 Å². The Morgan fingerprint density at radius 3 is 1.50 bits per heavy atom. The Morgan fingerprint density at radius 2 is 1.50 bits per heavy atom. The van der Waals surface area contributed by atoms with Crippen LogP contribution in [-0.2, 0) is 21.7 Å². The van der Waals surface area contributed by atoms with Gasteiger partial charge in [-0.2, -0.15) is 0 Å². The number of hydrogen-bond donors (Lipinski definition) is 2. The van der Waals surface area contributed by atoms with Crippen molar-refractivity contribution < 1.29 is 67.7 Å². The van der Waals surface area contributed by atoms with Gasteiger partial charge in [-0.3, -0.25) is 0 Å². The first-order valence-corrected chi connectivity index (χ1v) is 0.651. The second-order valence-electron chi connectivity index (χ2n) is 0.283. The van der Waals surface area contributed by atoms with Crippen molar-refractivity contribution in [1.29, 1.82) is 0 Å². The summed E-state index contributed by atoms with van der Waals surface area (Å²) in [5.74, 6) is 0. The summed E-state index contributed by atoms with van der Waals surface area (Å²) in [7, 11) is 0. The van der Waals surface area contributed by atoms with E-state index in [4.69, 9.17) is 15.0 Å². The van der Waals surface area contributed by atoms with Crippen LogP contribution >= 0.6 is 0 Å². The molecule has 0 amide bonds. The van der Waals surface area contributed by atoms with Gasteiger partial charge >= 0.3 is 35.7 Å². The van der Waals surface area contributed by atoms with Crippen molar-refractivity contribution in [3.8, 4) is 0 Å². The van der Waals surface area contributed by atoms with Gasteiger partial charge in [-0.25, -0.2) is 4.79 Å². The summed E-state index contributed by atoms with van der Waals surface area (Å²) in [5.41, 5.74) is 0. The molecule has 30 valence electrons. The smallest absolute Gasteiger partial charge is 1.00 e. The van der Waals surface area contributed by atoms with E-state index in [9.17, 15) is 0 Å². The minimum Gasteiger partial charge on any atom is -1.00 e. The van der Waals surface area contributed by atoms with Crippen molar-refractivity contribution in [2.45, 2.75) is 0 Å². The first-order valence-electron chi connectivity index (χ1n) is 0.651. The van der Waals surface area contributed by atoms with Crippen LogP contribution in [-0.4, -0.2) is 16.4 Å². The first kappa shape index (κ1) is 15.8. The van der Waals surface area contributed by atoms with Crippen molar-refractivity contribution in [1.82, 2.24) is 0 Å². The summed E-state index contributed by atoms with van der Waals surface area (Å²) < 4.78 is 0. The second kappa shape index (κ2) is 9.37. The number of carboxylic acid groups (broad SMARTS) is 2. The van der Waals surface area contributed by atoms with Gasteiger partial charge in [0.05, 0.1) is 0 Å². The van der Waals surface area contributed by atoms with Crippen molar-refractivity contribution in [2.24, 2.45) is 0 Å². The van der Waals surface area contributed by atoms with Gasteiger partial charge in [-0.1, -0.05) is 0 Å². The van der Waals surface area contributed by atoms with Gasteiger partial charge in [0.2, 0.25) is 0 Å². The normalized spacial score (nSPS) is 4.00. The third-order valence-corrected chi connectivity index (χ3v) is 0. The molecular formula is CH3NaO3Ti. The number of carbonyl (C=O) groups is 1. The summed E-state index contributed by atoms with van der Waals surface area (Å²) in [4.78, 5) is 8.56. The summed E-state index contributed by atoms with van der Waals surface area (Å²) in [6.07, 6.45) is -1.83. The van der Waals surface area contributed by atoms with E-state index in [1.54, 1.807) is 0 Å². The molecule has 0 unspecified atom stereocenters. The molecule has 0 aromatic rings. The predicted molar refractivity (Wildman–Crippen MR) is 11.8 cm³/mol. The fourth-order valence-electron chi connectivity index (χ4n) is 0. The van der Waals surface area contributed by atoms with Crippen LogP contribution in [0.1, 0.15) is 1.43 Å². The molecule has 5 heteroatoms. The average molecular weight is 134 g/mol. The molecule has 0 heterocycles. The molecule has 0 spiro atoms. The molecule has 0 rings (SSSR count). The van der Waals surface area contributed by atoms with Gasteiger partial charge in [0, 0.05) is 21.7 Å². The van der Waals surface area contributed by atoms with Gasteiger partial charge in [0.1, 0.15) is 0 Å². The van der Waals surface area contributed by atoms with Gasteiger partial charge in [0.25, 0.3) is 0 Å². The number of hydrogen-bond acceptors (Lipinski definition) is 1. The molecule has 2 N–H and O–H groups in total. The minimum atomic E-state index is -1.83.